The summed E-state index contributed by atoms with van der Waals surface area (Å²) in [6, 6.07) is 42.6. The lowest BCUT2D eigenvalue weighted by Crippen LogP contribution is -2.14. The molecular weight excluding hydrogens is 434 g/mol. The molecule has 0 saturated carbocycles. The molecule has 0 unspecified atom stereocenters. The minimum atomic E-state index is -0.0149. The minimum absolute atomic E-state index is 0.0149. The predicted molar refractivity (Wildman–Crippen MR) is 153 cm³/mol. The molecule has 0 spiro atoms. The van der Waals surface area contributed by atoms with Gasteiger partial charge in [-0.05, 0) is 62.7 Å². The van der Waals surface area contributed by atoms with Gasteiger partial charge in [0.25, 0.3) is 0 Å². The Balaban J connectivity index is 1.57. The fraction of sp³-hybridized carbons (Fsp3) is 0.0857. The average molecular weight is 460 g/mol. The number of aromatic nitrogens is 1. The van der Waals surface area contributed by atoms with E-state index in [0.29, 0.717) is 0 Å². The fourth-order valence-corrected chi connectivity index (χ4v) is 6.64. The Morgan fingerprint density at radius 3 is 2.00 bits per heavy atom. The first kappa shape index (κ1) is 19.9. The van der Waals surface area contributed by atoms with E-state index >= 15 is 0 Å². The summed E-state index contributed by atoms with van der Waals surface area (Å²) < 4.78 is 2.49. The average Bonchev–Trinajstić information content (AvgIpc) is 3.36. The molecule has 1 nitrogen and oxygen atoms in total. The summed E-state index contributed by atoms with van der Waals surface area (Å²) in [7, 11) is 0. The molecule has 8 rings (SSSR count). The Morgan fingerprint density at radius 2 is 1.14 bits per heavy atom. The van der Waals surface area contributed by atoms with Crippen LogP contribution in [0.3, 0.4) is 0 Å². The van der Waals surface area contributed by atoms with Crippen molar-refractivity contribution in [2.45, 2.75) is 19.3 Å². The topological polar surface area (TPSA) is 4.93 Å². The van der Waals surface area contributed by atoms with E-state index in [0.717, 1.165) is 0 Å². The zero-order chi connectivity index (χ0) is 24.0. The zero-order valence-electron chi connectivity index (χ0n) is 20.4. The van der Waals surface area contributed by atoms with E-state index in [-0.39, 0.29) is 5.41 Å². The highest BCUT2D eigenvalue weighted by Gasteiger charge is 2.36. The summed E-state index contributed by atoms with van der Waals surface area (Å²) in [5.74, 6) is 0. The summed E-state index contributed by atoms with van der Waals surface area (Å²) in [5.41, 5.74) is 9.30. The van der Waals surface area contributed by atoms with E-state index < -0.39 is 0 Å². The molecule has 36 heavy (non-hydrogen) atoms. The minimum Gasteiger partial charge on any atom is -0.309 e. The number of rotatable bonds is 1. The van der Waals surface area contributed by atoms with Gasteiger partial charge in [-0.3, -0.25) is 0 Å². The van der Waals surface area contributed by atoms with E-state index in [9.17, 15) is 0 Å². The van der Waals surface area contributed by atoms with Crippen molar-refractivity contribution < 1.29 is 0 Å². The molecule has 1 aliphatic rings. The lowest BCUT2D eigenvalue weighted by atomic mass is 9.82. The second-order valence-corrected chi connectivity index (χ2v) is 10.6. The third-order valence-electron chi connectivity index (χ3n) is 8.36. The van der Waals surface area contributed by atoms with Crippen LogP contribution in [0.25, 0.3) is 60.2 Å². The molecule has 0 fully saturated rings. The van der Waals surface area contributed by atoms with Crippen molar-refractivity contribution >= 4 is 43.4 Å². The molecule has 0 atom stereocenters. The number of benzene rings is 6. The normalized spacial score (nSPS) is 14.1. The molecule has 6 aromatic carbocycles. The molecule has 170 valence electrons. The van der Waals surface area contributed by atoms with Gasteiger partial charge in [-0.1, -0.05) is 105 Å². The maximum Gasteiger partial charge on any atom is 0.0547 e. The van der Waals surface area contributed by atoms with Crippen LogP contribution in [0.2, 0.25) is 0 Å². The predicted octanol–water partition coefficient (Wildman–Crippen LogP) is 9.40. The quantitative estimate of drug-likeness (QED) is 0.215. The first-order chi connectivity index (χ1) is 17.6. The lowest BCUT2D eigenvalue weighted by Gasteiger charge is -2.21. The molecule has 0 N–H and O–H groups in total. The second-order valence-electron chi connectivity index (χ2n) is 10.6. The molecule has 7 aromatic rings. The van der Waals surface area contributed by atoms with Crippen LogP contribution in [0.4, 0.5) is 0 Å². The zero-order valence-corrected chi connectivity index (χ0v) is 20.4. The largest absolute Gasteiger partial charge is 0.309 e. The van der Waals surface area contributed by atoms with E-state index in [4.69, 9.17) is 0 Å². The highest BCUT2D eigenvalue weighted by Crippen LogP contribution is 2.51. The first-order valence-corrected chi connectivity index (χ1v) is 12.7. The molecule has 0 radical (unpaired) electrons. The van der Waals surface area contributed by atoms with Crippen LogP contribution in [-0.4, -0.2) is 4.57 Å². The third kappa shape index (κ3) is 2.45. The number of para-hydroxylation sites is 1. The summed E-state index contributed by atoms with van der Waals surface area (Å²) in [5, 5.41) is 7.77. The Hall–Kier alpha value is -4.36. The van der Waals surface area contributed by atoms with Crippen molar-refractivity contribution in [1.82, 2.24) is 4.57 Å². The molecule has 0 amide bonds. The highest BCUT2D eigenvalue weighted by atomic mass is 15.0. The first-order valence-electron chi connectivity index (χ1n) is 12.7. The molecule has 0 bridgehead atoms. The van der Waals surface area contributed by atoms with Crippen LogP contribution in [-0.2, 0) is 5.41 Å². The van der Waals surface area contributed by atoms with Crippen molar-refractivity contribution in [3.05, 3.63) is 126 Å². The standard InChI is InChI=1S/C35H25N/c1-35(2)30-17-9-7-14-25(30)28-21-34-29(20-31(28)35)27-16-8-10-18-32(27)36(34)33-19-22-11-3-4-12-23(22)24-13-5-6-15-26(24)33/h3-21H,1-2H3. The van der Waals surface area contributed by atoms with Gasteiger partial charge in [-0.25, -0.2) is 0 Å². The van der Waals surface area contributed by atoms with Crippen LogP contribution in [0.5, 0.6) is 0 Å². The van der Waals surface area contributed by atoms with Gasteiger partial charge in [0.2, 0.25) is 0 Å². The van der Waals surface area contributed by atoms with Crippen LogP contribution in [0, 0.1) is 0 Å². The maximum atomic E-state index is 2.49. The van der Waals surface area contributed by atoms with Gasteiger partial charge in [0.15, 0.2) is 0 Å². The number of hydrogen-bond acceptors (Lipinski definition) is 0. The highest BCUT2D eigenvalue weighted by molar-refractivity contribution is 6.16. The number of hydrogen-bond donors (Lipinski definition) is 0. The molecule has 0 saturated heterocycles. The second kappa shape index (κ2) is 6.86. The van der Waals surface area contributed by atoms with Gasteiger partial charge in [0.1, 0.15) is 0 Å². The van der Waals surface area contributed by atoms with Gasteiger partial charge in [-0.2, -0.15) is 0 Å². The summed E-state index contributed by atoms with van der Waals surface area (Å²) >= 11 is 0. The summed E-state index contributed by atoms with van der Waals surface area (Å²) in [6.45, 7) is 4.72. The Labute approximate surface area is 210 Å². The van der Waals surface area contributed by atoms with Crippen LogP contribution in [0.15, 0.2) is 115 Å². The molecule has 1 heteroatoms. The molecule has 1 aromatic heterocycles. The summed E-state index contributed by atoms with van der Waals surface area (Å²) in [4.78, 5) is 0. The van der Waals surface area contributed by atoms with Gasteiger partial charge in [0, 0.05) is 21.6 Å². The SMILES string of the molecule is CC1(C)c2ccccc2-c2cc3c(cc21)c1ccccc1n3-c1cc2ccccc2c2ccccc12. The van der Waals surface area contributed by atoms with Gasteiger partial charge in [-0.15, -0.1) is 0 Å². The van der Waals surface area contributed by atoms with Crippen molar-refractivity contribution in [2.75, 3.05) is 0 Å². The van der Waals surface area contributed by atoms with Gasteiger partial charge in [0.05, 0.1) is 16.7 Å². The van der Waals surface area contributed by atoms with E-state index in [2.05, 4.69) is 134 Å². The van der Waals surface area contributed by atoms with Crippen molar-refractivity contribution in [3.63, 3.8) is 0 Å². The lowest BCUT2D eigenvalue weighted by molar-refractivity contribution is 0.661. The van der Waals surface area contributed by atoms with Crippen LogP contribution < -0.4 is 0 Å². The Morgan fingerprint density at radius 1 is 0.472 bits per heavy atom. The Bertz CT molecular complexity index is 2020. The van der Waals surface area contributed by atoms with E-state index in [1.54, 1.807) is 0 Å². The van der Waals surface area contributed by atoms with Crippen molar-refractivity contribution in [1.29, 1.82) is 0 Å². The monoisotopic (exact) mass is 459 g/mol. The molecule has 1 heterocycles. The molecular formula is C35H25N. The molecule has 0 aliphatic heterocycles. The van der Waals surface area contributed by atoms with Gasteiger partial charge >= 0.3 is 0 Å². The summed E-state index contributed by atoms with van der Waals surface area (Å²) in [6.07, 6.45) is 0. The molecule has 1 aliphatic carbocycles. The fourth-order valence-electron chi connectivity index (χ4n) is 6.64. The Kier molecular flexibility index (Phi) is 3.79. The number of nitrogens with zero attached hydrogens (tertiary/aromatic N) is 1. The third-order valence-corrected chi connectivity index (χ3v) is 8.36. The van der Waals surface area contributed by atoms with E-state index in [1.807, 2.05) is 0 Å². The van der Waals surface area contributed by atoms with Crippen LogP contribution >= 0.6 is 0 Å². The number of fused-ring (bicyclic) bond motifs is 9. The van der Waals surface area contributed by atoms with Crippen molar-refractivity contribution in [3.8, 4) is 16.8 Å². The smallest absolute Gasteiger partial charge is 0.0547 e. The van der Waals surface area contributed by atoms with Crippen LogP contribution in [0.1, 0.15) is 25.0 Å². The van der Waals surface area contributed by atoms with Crippen molar-refractivity contribution in [2.24, 2.45) is 0 Å². The van der Waals surface area contributed by atoms with E-state index in [1.165, 1.54) is 71.3 Å². The maximum absolute atomic E-state index is 2.49. The van der Waals surface area contributed by atoms with Gasteiger partial charge < -0.3 is 4.57 Å².